The monoisotopic (exact) mass is 1070 g/mol. The van der Waals surface area contributed by atoms with Gasteiger partial charge in [-0.2, -0.15) is 0 Å². The number of phenols is 4. The Morgan fingerprint density at radius 3 is 0.697 bits per heavy atom. The van der Waals surface area contributed by atoms with Gasteiger partial charge in [-0.25, -0.2) is 33.7 Å². The van der Waals surface area contributed by atoms with Gasteiger partial charge in [-0.3, -0.25) is 0 Å². The summed E-state index contributed by atoms with van der Waals surface area (Å²) in [5.41, 5.74) is -0.651. The molecule has 0 aliphatic rings. The van der Waals surface area contributed by atoms with Crippen LogP contribution < -0.4 is 118 Å². The predicted octanol–water partition coefficient (Wildman–Crippen LogP) is -11.8. The van der Waals surface area contributed by atoms with E-state index in [4.69, 9.17) is 10.2 Å². The molecule has 0 fully saturated rings. The second-order valence-electron chi connectivity index (χ2n) is 13.0. The smallest absolute Gasteiger partial charge is 0.358 e. The second kappa shape index (κ2) is 32.3. The third kappa shape index (κ3) is 25.5. The Balaban J connectivity index is -0.000000677. The Morgan fingerprint density at radius 2 is 0.545 bits per heavy atom. The Hall–Kier alpha value is 0.145. The molecule has 4 aromatic rings. The largest absolute Gasteiger partial charge is 1.00 e. The minimum atomic E-state index is -4.86. The first kappa shape index (κ1) is 72.7. The Kier molecular flexibility index (Phi) is 35.5. The summed E-state index contributed by atoms with van der Waals surface area (Å²) in [5.74, 6) is -5.60. The van der Waals surface area contributed by atoms with E-state index in [-0.39, 0.29) is 198 Å². The van der Waals surface area contributed by atoms with Crippen molar-refractivity contribution in [2.45, 2.75) is 62.3 Å². The Labute approximate surface area is 478 Å². The van der Waals surface area contributed by atoms with Gasteiger partial charge in [-0.1, -0.05) is 24.3 Å². The molecule has 0 aromatic heterocycles. The second-order valence-corrected chi connectivity index (χ2v) is 19.5. The van der Waals surface area contributed by atoms with Crippen LogP contribution in [0.15, 0.2) is 48.5 Å². The number of hydrogen-bond acceptors (Lipinski definition) is 20. The van der Waals surface area contributed by atoms with Gasteiger partial charge in [0.05, 0.1) is 89.9 Å². The minimum absolute atomic E-state index is 0. The molecule has 0 atom stereocenters. The molecule has 0 heterocycles. The van der Waals surface area contributed by atoms with Crippen molar-refractivity contribution in [3.8, 4) is 23.0 Å². The van der Waals surface area contributed by atoms with Gasteiger partial charge < -0.3 is 66.5 Å². The van der Waals surface area contributed by atoms with Crippen LogP contribution in [0.25, 0.3) is 0 Å². The van der Waals surface area contributed by atoms with Crippen LogP contribution in [-0.2, 0) is 113 Å². The van der Waals surface area contributed by atoms with Crippen molar-refractivity contribution in [1.29, 1.82) is 0 Å². The van der Waals surface area contributed by atoms with E-state index in [1.807, 2.05) is 0 Å². The molecule has 0 bridgehead atoms. The van der Waals surface area contributed by atoms with Gasteiger partial charge in [0.2, 0.25) is 0 Å². The molecule has 343 valence electrons. The molecule has 0 saturated heterocycles. The van der Waals surface area contributed by atoms with E-state index in [1.54, 1.807) is 0 Å². The molecule has 4 aromatic carbocycles. The topological polar surface area (TPSA) is 391 Å². The first-order chi connectivity index (χ1) is 28.1. The number of rotatable bonds is 16. The van der Waals surface area contributed by atoms with Crippen molar-refractivity contribution in [2.24, 2.45) is 0 Å². The average molecular weight is 1070 g/mol. The Bertz CT molecular complexity index is 2600. The summed E-state index contributed by atoms with van der Waals surface area (Å²) in [7, 11) is -14.9. The van der Waals surface area contributed by atoms with Gasteiger partial charge in [0, 0.05) is 35.1 Å². The third-order valence-electron chi connectivity index (χ3n) is 8.13. The SMILES string of the molecule is O=S(=O)([O-])Cc1cc(CO)c(O)c(CO)c1.O=S(=O)([O-])Cc1cc(CO)c(O)c(Cc2cc(CS(=O)(=O)[O-])cc(Cc3cc(CS(=O)(=O)[O-])cc(CO)c3O)c2O)c1.[B]=S=P.[CH3-].[Na+].[Na+].[Na+].[Na+]. The standard InChI is InChI=1S/C25H28O14S3.C9H12O6S.CH3.BHPS.4Na/c26-9-21-5-15(12-41(34,35)36)3-19(24(21)29)7-17-1-14(11-40(31,32)33)2-18(23(17)28)8-20-4-16(13-42(37,38)39)6-22(10-27)25(20)30;10-3-7-1-6(5-16(13,14)15)2-8(4-11)9(7)12;;1-3-2;;;;/h1-6,26-30H,7-13H2,(H,31,32,33)(H,34,35,36)(H,37,38,39);1-2,10-12H,3-5H2,(H,13,14,15);1H3;2H;;;;/q;;-1;;4*+1/p-4. The number of benzene rings is 4. The zero-order valence-corrected chi connectivity index (χ0v) is 49.4. The van der Waals surface area contributed by atoms with Gasteiger partial charge >= 0.3 is 143 Å². The van der Waals surface area contributed by atoms with Crippen LogP contribution in [0.1, 0.15) is 66.8 Å². The summed E-state index contributed by atoms with van der Waals surface area (Å²) in [4.78, 5) is 0. The number of phenolic OH excluding ortho intramolecular Hbond substituents is 1. The molecule has 31 heteroatoms. The van der Waals surface area contributed by atoms with E-state index < -0.39 is 120 Å². The molecule has 0 saturated carbocycles. The van der Waals surface area contributed by atoms with E-state index in [9.17, 15) is 82.5 Å². The maximum atomic E-state index is 11.5. The van der Waals surface area contributed by atoms with Gasteiger partial charge in [-0.05, 0) is 68.8 Å². The van der Waals surface area contributed by atoms with Crippen molar-refractivity contribution >= 4 is 65.6 Å². The maximum absolute atomic E-state index is 11.5. The number of aromatic hydroxyl groups is 4. The van der Waals surface area contributed by atoms with E-state index in [2.05, 4.69) is 14.7 Å². The van der Waals surface area contributed by atoms with E-state index in [1.165, 1.54) is 12.1 Å². The summed E-state index contributed by atoms with van der Waals surface area (Å²) in [6, 6.07) is 9.13. The first-order valence-electron chi connectivity index (χ1n) is 16.6. The fourth-order valence-electron chi connectivity index (χ4n) is 5.91. The normalized spacial score (nSPS) is 11.0. The molecule has 0 aliphatic heterocycles. The van der Waals surface area contributed by atoms with Crippen LogP contribution in [-0.4, -0.2) is 99.5 Å². The van der Waals surface area contributed by atoms with Crippen LogP contribution in [0.3, 0.4) is 0 Å². The number of aliphatic hydroxyl groups is 4. The molecular weight excluding hydrogens is 1030 g/mol. The number of aliphatic hydroxyl groups excluding tert-OH is 4. The maximum Gasteiger partial charge on any atom is 1.00 e. The van der Waals surface area contributed by atoms with E-state index in [0.717, 1.165) is 46.8 Å². The molecule has 1 radical (unpaired) electrons. The molecule has 0 unspecified atom stereocenters. The summed E-state index contributed by atoms with van der Waals surface area (Å²) in [6.07, 6.45) is -0.834. The molecule has 20 nitrogen and oxygen atoms in total. The summed E-state index contributed by atoms with van der Waals surface area (Å²) in [5, 5.41) is 78.7. The first-order valence-corrected chi connectivity index (χ1v) is 25.0. The van der Waals surface area contributed by atoms with Crippen LogP contribution >= 0.6 is 8.02 Å². The molecule has 0 spiro atoms. The van der Waals surface area contributed by atoms with Crippen LogP contribution in [0.5, 0.6) is 23.0 Å². The van der Waals surface area contributed by atoms with Crippen molar-refractivity contribution in [3.05, 3.63) is 123 Å². The summed E-state index contributed by atoms with van der Waals surface area (Å²) < 4.78 is 134. The fraction of sp³-hybridized carbons (Fsp3) is 0.286. The summed E-state index contributed by atoms with van der Waals surface area (Å²) >= 11 is 0. The predicted molar refractivity (Wildman–Crippen MR) is 223 cm³/mol. The van der Waals surface area contributed by atoms with Crippen LogP contribution in [0.4, 0.5) is 0 Å². The third-order valence-corrected chi connectivity index (χ3v) is 10.9. The molecule has 8 N–H and O–H groups in total. The zero-order chi connectivity index (χ0) is 46.7. The van der Waals surface area contributed by atoms with Gasteiger partial charge in [0.15, 0.2) is 0 Å². The van der Waals surface area contributed by atoms with Crippen molar-refractivity contribution < 1.29 is 211 Å². The van der Waals surface area contributed by atoms with Crippen LogP contribution in [0, 0.1) is 7.43 Å². The van der Waals surface area contributed by atoms with E-state index >= 15 is 0 Å². The molecule has 66 heavy (non-hydrogen) atoms. The quantitative estimate of drug-likeness (QED) is 0.0223. The zero-order valence-electron chi connectivity index (χ0n) is 36.3. The average Bonchev–Trinajstić information content (AvgIpc) is 3.11. The minimum Gasteiger partial charge on any atom is -0.358 e. The molecular formula is C35H40BNa4O20PS5-. The molecule has 4 rings (SSSR count). The number of hydrogen-bond donors (Lipinski definition) is 8. The van der Waals surface area contributed by atoms with Gasteiger partial charge in [0.1, 0.15) is 23.0 Å². The molecule has 0 amide bonds. The Morgan fingerprint density at radius 1 is 0.409 bits per heavy atom. The fourth-order valence-corrected chi connectivity index (χ4v) is 8.21. The van der Waals surface area contributed by atoms with Crippen molar-refractivity contribution in [1.82, 2.24) is 0 Å². The van der Waals surface area contributed by atoms with E-state index in [0.29, 0.717) is 0 Å². The van der Waals surface area contributed by atoms with Gasteiger partial charge in [0.25, 0.3) is 0 Å². The van der Waals surface area contributed by atoms with Crippen LogP contribution in [0.2, 0.25) is 0 Å². The van der Waals surface area contributed by atoms with Gasteiger partial charge in [-0.15, -0.1) is 0 Å². The summed E-state index contributed by atoms with van der Waals surface area (Å²) in [6.45, 7) is 2.16. The molecule has 0 aliphatic carbocycles. The van der Waals surface area contributed by atoms with Crippen molar-refractivity contribution in [2.75, 3.05) is 0 Å². The van der Waals surface area contributed by atoms with Crippen molar-refractivity contribution in [3.63, 3.8) is 0 Å².